The number of benzene rings is 2. The lowest BCUT2D eigenvalue weighted by atomic mass is 9.93. The smallest absolute Gasteiger partial charge is 0.301 e. The summed E-state index contributed by atoms with van der Waals surface area (Å²) in [6, 6.07) is 11.7. The minimum Gasteiger partial charge on any atom is -0.507 e. The molecule has 1 saturated heterocycles. The molecule has 1 N–H and O–H groups in total. The Labute approximate surface area is 176 Å². The molecule has 0 aliphatic carbocycles. The Hall–Kier alpha value is -3.39. The zero-order valence-corrected chi connectivity index (χ0v) is 17.1. The molecule has 8 heteroatoms. The maximum Gasteiger partial charge on any atom is 0.301 e. The fourth-order valence-corrected chi connectivity index (χ4v) is 4.03. The number of anilines is 1. The van der Waals surface area contributed by atoms with E-state index >= 15 is 0 Å². The van der Waals surface area contributed by atoms with Gasteiger partial charge in [0, 0.05) is 5.56 Å². The number of rotatable bonds is 4. The molecule has 1 amide bonds. The van der Waals surface area contributed by atoms with Crippen molar-refractivity contribution >= 4 is 33.9 Å². The van der Waals surface area contributed by atoms with Crippen molar-refractivity contribution < 1.29 is 19.1 Å². The first-order valence-electron chi connectivity index (χ1n) is 9.31. The number of Topliss-reactive ketones (excluding diaryl/α,β-unsaturated/α-hetero) is 1. The van der Waals surface area contributed by atoms with Crippen molar-refractivity contribution in [1.82, 2.24) is 10.2 Å². The monoisotopic (exact) mass is 423 g/mol. The number of aliphatic hydroxyl groups is 1. The number of carbonyl (C=O) groups is 2. The van der Waals surface area contributed by atoms with Crippen LogP contribution in [0.25, 0.3) is 5.76 Å². The molecular formula is C22H18FN3O3S. The Bertz CT molecular complexity index is 1120. The van der Waals surface area contributed by atoms with E-state index in [1.54, 1.807) is 0 Å². The van der Waals surface area contributed by atoms with Crippen LogP contribution in [0.4, 0.5) is 9.52 Å². The molecule has 30 heavy (non-hydrogen) atoms. The minimum atomic E-state index is -0.871. The molecule has 2 heterocycles. The number of nitrogens with zero attached hydrogens (tertiary/aromatic N) is 3. The van der Waals surface area contributed by atoms with E-state index in [9.17, 15) is 19.1 Å². The number of aliphatic hydroxyl groups excluding tert-OH is 1. The van der Waals surface area contributed by atoms with Crippen LogP contribution in [-0.2, 0) is 9.59 Å². The fourth-order valence-electron chi connectivity index (χ4n) is 3.44. The van der Waals surface area contributed by atoms with E-state index in [1.165, 1.54) is 34.7 Å². The molecule has 152 valence electrons. The first-order valence-corrected chi connectivity index (χ1v) is 10.2. The number of amides is 1. The van der Waals surface area contributed by atoms with Crippen LogP contribution in [-0.4, -0.2) is 27.0 Å². The van der Waals surface area contributed by atoms with E-state index in [4.69, 9.17) is 0 Å². The Balaban J connectivity index is 1.90. The lowest BCUT2D eigenvalue weighted by Gasteiger charge is -2.23. The second kappa shape index (κ2) is 7.79. The van der Waals surface area contributed by atoms with Crippen LogP contribution in [0, 0.1) is 5.82 Å². The van der Waals surface area contributed by atoms with E-state index in [-0.39, 0.29) is 22.0 Å². The summed E-state index contributed by atoms with van der Waals surface area (Å²) in [7, 11) is 0. The topological polar surface area (TPSA) is 83.4 Å². The Kier molecular flexibility index (Phi) is 5.17. The highest BCUT2D eigenvalue weighted by Gasteiger charge is 2.48. The summed E-state index contributed by atoms with van der Waals surface area (Å²) in [5.74, 6) is -2.15. The number of aromatic nitrogens is 2. The van der Waals surface area contributed by atoms with Crippen LogP contribution in [0.5, 0.6) is 0 Å². The van der Waals surface area contributed by atoms with Gasteiger partial charge in [-0.15, -0.1) is 10.2 Å². The zero-order valence-electron chi connectivity index (χ0n) is 16.2. The molecule has 0 spiro atoms. The number of halogens is 1. The maximum atomic E-state index is 13.3. The molecule has 1 aromatic heterocycles. The largest absolute Gasteiger partial charge is 0.507 e. The van der Waals surface area contributed by atoms with Crippen molar-refractivity contribution in [3.8, 4) is 0 Å². The predicted octanol–water partition coefficient (Wildman–Crippen LogP) is 4.43. The van der Waals surface area contributed by atoms with Gasteiger partial charge in [0.2, 0.25) is 5.13 Å². The normalized spacial score (nSPS) is 18.4. The summed E-state index contributed by atoms with van der Waals surface area (Å²) < 4.78 is 13.3. The molecule has 1 aliphatic rings. The van der Waals surface area contributed by atoms with Gasteiger partial charge in [0.15, 0.2) is 0 Å². The van der Waals surface area contributed by atoms with Gasteiger partial charge < -0.3 is 5.11 Å². The first-order chi connectivity index (χ1) is 14.4. The molecule has 1 atom stereocenters. The molecule has 0 bridgehead atoms. The van der Waals surface area contributed by atoms with Crippen molar-refractivity contribution in [2.75, 3.05) is 4.90 Å². The molecule has 3 aromatic rings. The van der Waals surface area contributed by atoms with Crippen LogP contribution < -0.4 is 4.90 Å². The number of hydrogen-bond donors (Lipinski definition) is 1. The Morgan fingerprint density at radius 1 is 1.10 bits per heavy atom. The van der Waals surface area contributed by atoms with Crippen LogP contribution >= 0.6 is 11.3 Å². The van der Waals surface area contributed by atoms with E-state index in [1.807, 2.05) is 24.3 Å². The van der Waals surface area contributed by atoms with E-state index in [2.05, 4.69) is 24.0 Å². The highest BCUT2D eigenvalue weighted by molar-refractivity contribution is 7.13. The lowest BCUT2D eigenvalue weighted by Crippen LogP contribution is -2.29. The molecule has 0 radical (unpaired) electrons. The first kappa shape index (κ1) is 19.9. The standard InChI is InChI=1S/C22H18FN3O3S/c1-12(2)13-3-5-14(6-4-13)18-17(19(27)15-7-9-16(23)10-8-15)20(28)21(29)26(18)22-25-24-11-30-22/h3-12,18,27H,1-2H3/t18-/m1/s1. The average molecular weight is 423 g/mol. The number of hydrogen-bond acceptors (Lipinski definition) is 6. The maximum absolute atomic E-state index is 13.3. The molecule has 1 fully saturated rings. The van der Waals surface area contributed by atoms with Gasteiger partial charge in [-0.2, -0.15) is 0 Å². The molecule has 4 rings (SSSR count). The summed E-state index contributed by atoms with van der Waals surface area (Å²) in [4.78, 5) is 27.0. The third kappa shape index (κ3) is 3.39. The molecule has 0 unspecified atom stereocenters. The zero-order chi connectivity index (χ0) is 21.4. The fraction of sp³-hybridized carbons (Fsp3) is 0.182. The summed E-state index contributed by atoms with van der Waals surface area (Å²) in [6.07, 6.45) is 0. The van der Waals surface area contributed by atoms with Gasteiger partial charge in [0.25, 0.3) is 5.78 Å². The van der Waals surface area contributed by atoms with Crippen molar-refractivity contribution in [2.45, 2.75) is 25.8 Å². The quantitative estimate of drug-likeness (QED) is 0.381. The summed E-state index contributed by atoms with van der Waals surface area (Å²) >= 11 is 1.12. The van der Waals surface area contributed by atoms with Crippen molar-refractivity contribution in [2.24, 2.45) is 0 Å². The van der Waals surface area contributed by atoms with Gasteiger partial charge in [0.1, 0.15) is 17.1 Å². The van der Waals surface area contributed by atoms with Gasteiger partial charge in [-0.3, -0.25) is 14.5 Å². The van der Waals surface area contributed by atoms with Gasteiger partial charge in [-0.25, -0.2) is 4.39 Å². The molecule has 6 nitrogen and oxygen atoms in total. The number of carbonyl (C=O) groups excluding carboxylic acids is 2. The lowest BCUT2D eigenvalue weighted by molar-refractivity contribution is -0.132. The second-order valence-electron chi connectivity index (χ2n) is 7.22. The predicted molar refractivity (Wildman–Crippen MR) is 112 cm³/mol. The average Bonchev–Trinajstić information content (AvgIpc) is 3.35. The van der Waals surface area contributed by atoms with E-state index in [0.29, 0.717) is 11.5 Å². The second-order valence-corrected chi connectivity index (χ2v) is 8.03. The van der Waals surface area contributed by atoms with Gasteiger partial charge in [0.05, 0.1) is 11.6 Å². The molecule has 1 aliphatic heterocycles. The minimum absolute atomic E-state index is 0.0703. The highest BCUT2D eigenvalue weighted by Crippen LogP contribution is 2.42. The highest BCUT2D eigenvalue weighted by atomic mass is 32.1. The summed E-state index contributed by atoms with van der Waals surface area (Å²) in [5, 5.41) is 18.9. The van der Waals surface area contributed by atoms with E-state index < -0.39 is 23.5 Å². The number of ketones is 1. The molecular weight excluding hydrogens is 405 g/mol. The Morgan fingerprint density at radius 2 is 1.77 bits per heavy atom. The Morgan fingerprint density at radius 3 is 2.33 bits per heavy atom. The van der Waals surface area contributed by atoms with Crippen LogP contribution in [0.1, 0.15) is 42.5 Å². The summed E-state index contributed by atoms with van der Waals surface area (Å²) in [6.45, 7) is 4.13. The molecule has 0 saturated carbocycles. The van der Waals surface area contributed by atoms with E-state index in [0.717, 1.165) is 16.9 Å². The van der Waals surface area contributed by atoms with Crippen LogP contribution in [0.2, 0.25) is 0 Å². The van der Waals surface area contributed by atoms with Crippen molar-refractivity contribution in [1.29, 1.82) is 0 Å². The van der Waals surface area contributed by atoms with Crippen LogP contribution in [0.15, 0.2) is 59.6 Å². The molecule has 2 aromatic carbocycles. The summed E-state index contributed by atoms with van der Waals surface area (Å²) in [5.41, 5.74) is 3.39. The third-order valence-corrected chi connectivity index (χ3v) is 5.72. The van der Waals surface area contributed by atoms with Gasteiger partial charge >= 0.3 is 5.91 Å². The third-order valence-electron chi connectivity index (χ3n) is 5.04. The van der Waals surface area contributed by atoms with Crippen molar-refractivity contribution in [3.05, 3.63) is 82.1 Å². The van der Waals surface area contributed by atoms with Gasteiger partial charge in [-0.1, -0.05) is 49.4 Å². The van der Waals surface area contributed by atoms with Crippen molar-refractivity contribution in [3.63, 3.8) is 0 Å². The van der Waals surface area contributed by atoms with Crippen LogP contribution in [0.3, 0.4) is 0 Å². The van der Waals surface area contributed by atoms with Gasteiger partial charge in [-0.05, 0) is 41.3 Å². The SMILES string of the molecule is CC(C)c1ccc([C@@H]2C(=C(O)c3ccc(F)cc3)C(=O)C(=O)N2c2nncs2)cc1.